The molecule has 2 nitrogen and oxygen atoms in total. The highest BCUT2D eigenvalue weighted by atomic mass is 19.3. The first-order chi connectivity index (χ1) is 6.54. The molecule has 0 bridgehead atoms. The molecule has 0 aromatic carbocycles. The van der Waals surface area contributed by atoms with Crippen molar-refractivity contribution in [3.05, 3.63) is 0 Å². The van der Waals surface area contributed by atoms with Crippen LogP contribution < -0.4 is 5.73 Å². The molecule has 0 radical (unpaired) electrons. The van der Waals surface area contributed by atoms with Gasteiger partial charge in [-0.15, -0.1) is 0 Å². The zero-order valence-electron chi connectivity index (χ0n) is 8.43. The minimum atomic E-state index is -2.51. The molecule has 0 amide bonds. The van der Waals surface area contributed by atoms with Gasteiger partial charge in [0, 0.05) is 18.6 Å². The highest BCUT2D eigenvalue weighted by molar-refractivity contribution is 5.19. The summed E-state index contributed by atoms with van der Waals surface area (Å²) >= 11 is 0. The maximum atomic E-state index is 13.5. The average Bonchev–Trinajstić information content (AvgIpc) is 2.58. The molecular formula is C10H17F2NO. The Hall–Kier alpha value is -0.220. The summed E-state index contributed by atoms with van der Waals surface area (Å²) < 4.78 is 31.9. The normalized spacial score (nSPS) is 45.4. The van der Waals surface area contributed by atoms with Crippen LogP contribution in [0.4, 0.5) is 8.78 Å². The number of hydrogen-bond donors (Lipinski definition) is 1. The smallest absolute Gasteiger partial charge is 0.259 e. The summed E-state index contributed by atoms with van der Waals surface area (Å²) in [6.07, 6.45) is 2.59. The molecule has 2 fully saturated rings. The summed E-state index contributed by atoms with van der Waals surface area (Å²) in [5.74, 6) is -3.07. The third kappa shape index (κ3) is 1.20. The summed E-state index contributed by atoms with van der Waals surface area (Å²) in [4.78, 5) is 0. The molecule has 2 saturated carbocycles. The van der Waals surface area contributed by atoms with Gasteiger partial charge in [0.05, 0.1) is 12.5 Å². The molecule has 82 valence electrons. The summed E-state index contributed by atoms with van der Waals surface area (Å²) in [6.45, 7) is 0.183. The molecule has 2 aliphatic carbocycles. The van der Waals surface area contributed by atoms with Crippen LogP contribution in [0.2, 0.25) is 0 Å². The van der Waals surface area contributed by atoms with Gasteiger partial charge in [0.15, 0.2) is 0 Å². The first kappa shape index (κ1) is 10.3. The predicted molar refractivity (Wildman–Crippen MR) is 49.2 cm³/mol. The van der Waals surface area contributed by atoms with Crippen molar-refractivity contribution >= 4 is 0 Å². The van der Waals surface area contributed by atoms with Crippen molar-refractivity contribution in [2.24, 2.45) is 17.1 Å². The lowest BCUT2D eigenvalue weighted by atomic mass is 9.82. The lowest BCUT2D eigenvalue weighted by Gasteiger charge is -2.26. The molecular weight excluding hydrogens is 188 g/mol. The van der Waals surface area contributed by atoms with E-state index in [0.717, 1.165) is 12.8 Å². The van der Waals surface area contributed by atoms with E-state index in [1.807, 2.05) is 0 Å². The van der Waals surface area contributed by atoms with Crippen molar-refractivity contribution in [2.75, 3.05) is 13.7 Å². The number of methoxy groups -OCH3 is 1. The van der Waals surface area contributed by atoms with Crippen LogP contribution in [-0.2, 0) is 4.74 Å². The summed E-state index contributed by atoms with van der Waals surface area (Å²) in [5, 5.41) is 0. The van der Waals surface area contributed by atoms with Gasteiger partial charge in [0.25, 0.3) is 5.92 Å². The van der Waals surface area contributed by atoms with Crippen LogP contribution in [0.1, 0.15) is 25.7 Å². The Morgan fingerprint density at radius 2 is 1.93 bits per heavy atom. The van der Waals surface area contributed by atoms with Crippen LogP contribution in [0, 0.1) is 11.3 Å². The van der Waals surface area contributed by atoms with E-state index in [4.69, 9.17) is 10.5 Å². The Morgan fingerprint density at radius 3 is 2.43 bits per heavy atom. The lowest BCUT2D eigenvalue weighted by molar-refractivity contribution is 0.0366. The fraction of sp³-hybridized carbons (Fsp3) is 1.00. The Morgan fingerprint density at radius 1 is 1.36 bits per heavy atom. The van der Waals surface area contributed by atoms with E-state index >= 15 is 0 Å². The van der Waals surface area contributed by atoms with Crippen LogP contribution in [0.15, 0.2) is 0 Å². The number of hydrogen-bond acceptors (Lipinski definition) is 2. The monoisotopic (exact) mass is 205 g/mol. The molecule has 0 aromatic heterocycles. The molecule has 0 aromatic rings. The van der Waals surface area contributed by atoms with Gasteiger partial charge in [-0.05, 0) is 25.7 Å². The molecule has 0 heterocycles. The van der Waals surface area contributed by atoms with Crippen molar-refractivity contribution in [3.63, 3.8) is 0 Å². The molecule has 1 spiro atoms. The molecule has 0 aliphatic heterocycles. The quantitative estimate of drug-likeness (QED) is 0.745. The summed E-state index contributed by atoms with van der Waals surface area (Å²) in [5.41, 5.74) is 4.95. The zero-order valence-corrected chi connectivity index (χ0v) is 8.43. The van der Waals surface area contributed by atoms with Gasteiger partial charge in [-0.1, -0.05) is 0 Å². The fourth-order valence-corrected chi connectivity index (χ4v) is 2.86. The van der Waals surface area contributed by atoms with E-state index in [1.165, 1.54) is 7.11 Å². The van der Waals surface area contributed by atoms with E-state index in [-0.39, 0.29) is 12.6 Å². The number of ether oxygens (including phenoxy) is 1. The third-order valence-electron chi connectivity index (χ3n) is 3.94. The zero-order chi connectivity index (χ0) is 10.4. The van der Waals surface area contributed by atoms with Gasteiger partial charge in [-0.3, -0.25) is 0 Å². The highest BCUT2D eigenvalue weighted by Crippen LogP contribution is 2.71. The SMILES string of the molecule is COCC1C(F)(F)C12CCC(N)CC2. The molecule has 1 atom stereocenters. The molecule has 2 rings (SSSR count). The molecule has 2 aliphatic rings. The first-order valence-corrected chi connectivity index (χ1v) is 5.17. The fourth-order valence-electron chi connectivity index (χ4n) is 2.86. The minimum absolute atomic E-state index is 0.125. The highest BCUT2D eigenvalue weighted by Gasteiger charge is 2.79. The number of rotatable bonds is 2. The Kier molecular flexibility index (Phi) is 2.31. The second kappa shape index (κ2) is 3.14. The maximum absolute atomic E-state index is 13.5. The van der Waals surface area contributed by atoms with Crippen molar-refractivity contribution < 1.29 is 13.5 Å². The van der Waals surface area contributed by atoms with E-state index in [9.17, 15) is 8.78 Å². The standard InChI is InChI=1S/C10H17F2NO/c1-14-6-8-9(10(8,11)12)4-2-7(13)3-5-9/h7-8H,2-6,13H2,1H3. The Bertz CT molecular complexity index is 224. The number of nitrogens with two attached hydrogens (primary N) is 1. The van der Waals surface area contributed by atoms with Crippen LogP contribution >= 0.6 is 0 Å². The molecule has 4 heteroatoms. The second-order valence-electron chi connectivity index (χ2n) is 4.62. The minimum Gasteiger partial charge on any atom is -0.384 e. The molecule has 0 saturated heterocycles. The summed E-state index contributed by atoms with van der Waals surface area (Å²) in [7, 11) is 1.48. The predicted octanol–water partition coefficient (Wildman–Crippen LogP) is 1.79. The molecule has 1 unspecified atom stereocenters. The van der Waals surface area contributed by atoms with E-state index in [1.54, 1.807) is 0 Å². The van der Waals surface area contributed by atoms with Gasteiger partial charge in [0.1, 0.15) is 0 Å². The van der Waals surface area contributed by atoms with Crippen LogP contribution in [0.3, 0.4) is 0 Å². The number of halogens is 2. The van der Waals surface area contributed by atoms with E-state index in [0.29, 0.717) is 12.8 Å². The largest absolute Gasteiger partial charge is 0.384 e. The summed E-state index contributed by atoms with van der Waals surface area (Å²) in [6, 6.07) is 0.125. The lowest BCUT2D eigenvalue weighted by Crippen LogP contribution is -2.30. The average molecular weight is 205 g/mol. The van der Waals surface area contributed by atoms with Gasteiger partial charge in [0.2, 0.25) is 0 Å². The molecule has 14 heavy (non-hydrogen) atoms. The maximum Gasteiger partial charge on any atom is 0.259 e. The molecule has 2 N–H and O–H groups in total. The van der Waals surface area contributed by atoms with Crippen molar-refractivity contribution in [2.45, 2.75) is 37.6 Å². The van der Waals surface area contributed by atoms with E-state index in [2.05, 4.69) is 0 Å². The van der Waals surface area contributed by atoms with Gasteiger partial charge < -0.3 is 10.5 Å². The van der Waals surface area contributed by atoms with Crippen LogP contribution in [0.25, 0.3) is 0 Å². The third-order valence-corrected chi connectivity index (χ3v) is 3.94. The van der Waals surface area contributed by atoms with E-state index < -0.39 is 17.3 Å². The topological polar surface area (TPSA) is 35.2 Å². The van der Waals surface area contributed by atoms with Crippen LogP contribution in [-0.4, -0.2) is 25.7 Å². The van der Waals surface area contributed by atoms with Gasteiger partial charge in [-0.2, -0.15) is 0 Å². The number of alkyl halides is 2. The first-order valence-electron chi connectivity index (χ1n) is 5.17. The van der Waals surface area contributed by atoms with Gasteiger partial charge >= 0.3 is 0 Å². The van der Waals surface area contributed by atoms with Crippen molar-refractivity contribution in [1.82, 2.24) is 0 Å². The second-order valence-corrected chi connectivity index (χ2v) is 4.62. The van der Waals surface area contributed by atoms with Crippen LogP contribution in [0.5, 0.6) is 0 Å². The van der Waals surface area contributed by atoms with Crippen molar-refractivity contribution in [1.29, 1.82) is 0 Å². The van der Waals surface area contributed by atoms with Gasteiger partial charge in [-0.25, -0.2) is 8.78 Å². The Labute approximate surface area is 82.8 Å². The Balaban J connectivity index is 2.04. The van der Waals surface area contributed by atoms with Crippen molar-refractivity contribution in [3.8, 4) is 0 Å².